The summed E-state index contributed by atoms with van der Waals surface area (Å²) in [6.07, 6.45) is 2.93. The van der Waals surface area contributed by atoms with Gasteiger partial charge in [-0.2, -0.15) is 0 Å². The van der Waals surface area contributed by atoms with Gasteiger partial charge in [-0.15, -0.1) is 24.0 Å². The molecule has 1 aliphatic rings. The van der Waals surface area contributed by atoms with Gasteiger partial charge in [-0.05, 0) is 36.5 Å². The second-order valence-corrected chi connectivity index (χ2v) is 6.83. The first kappa shape index (κ1) is 22.6. The summed E-state index contributed by atoms with van der Waals surface area (Å²) >= 11 is 0. The van der Waals surface area contributed by atoms with Gasteiger partial charge in [-0.3, -0.25) is 4.99 Å². The van der Waals surface area contributed by atoms with Gasteiger partial charge in [0.25, 0.3) is 0 Å². The quantitative estimate of drug-likeness (QED) is 0.355. The molecule has 0 radical (unpaired) electrons. The Balaban J connectivity index is 0.00000280. The fraction of sp³-hybridized carbons (Fsp3) is 0.409. The molecular weight excluding hydrogens is 468 g/mol. The third-order valence-corrected chi connectivity index (χ3v) is 4.97. The van der Waals surface area contributed by atoms with Crippen LogP contribution in [0.2, 0.25) is 0 Å². The highest BCUT2D eigenvalue weighted by Crippen LogP contribution is 2.32. The van der Waals surface area contributed by atoms with Crippen molar-refractivity contribution in [2.24, 2.45) is 10.9 Å². The number of guanidine groups is 1. The van der Waals surface area contributed by atoms with Crippen LogP contribution in [0.1, 0.15) is 30.1 Å². The van der Waals surface area contributed by atoms with Crippen LogP contribution in [0.4, 0.5) is 4.39 Å². The van der Waals surface area contributed by atoms with Crippen molar-refractivity contribution < 1.29 is 9.13 Å². The Hall–Kier alpha value is -1.67. The molecule has 2 N–H and O–H groups in total. The van der Waals surface area contributed by atoms with Crippen LogP contribution in [0.25, 0.3) is 0 Å². The van der Waals surface area contributed by atoms with Crippen LogP contribution in [-0.2, 0) is 11.2 Å². The number of aliphatic imine (C=N–C) groups is 1. The van der Waals surface area contributed by atoms with Crippen molar-refractivity contribution in [3.05, 3.63) is 71.5 Å². The average Bonchev–Trinajstić information content (AvgIpc) is 2.72. The normalized spacial score (nSPS) is 19.6. The standard InChI is InChI=1S/C22H28FN3O.HI/c1-24-22(25-14-13-17-8-5-6-12-20(17)23)26-16-19-11-7-15-27-21(19)18-9-3-2-4-10-18;/h2-6,8-10,12,19,21H,7,11,13-16H2,1H3,(H2,24,25,26);1H. The minimum absolute atomic E-state index is 0. The number of hydrogen-bond acceptors (Lipinski definition) is 2. The van der Waals surface area contributed by atoms with Gasteiger partial charge in [0.15, 0.2) is 5.96 Å². The van der Waals surface area contributed by atoms with E-state index in [1.165, 1.54) is 11.6 Å². The number of nitrogens with one attached hydrogen (secondary N) is 2. The second-order valence-electron chi connectivity index (χ2n) is 6.83. The lowest BCUT2D eigenvalue weighted by molar-refractivity contribution is -0.0265. The van der Waals surface area contributed by atoms with Crippen molar-refractivity contribution in [1.29, 1.82) is 0 Å². The molecule has 2 aromatic rings. The fourth-order valence-electron chi connectivity index (χ4n) is 3.53. The molecule has 1 fully saturated rings. The summed E-state index contributed by atoms with van der Waals surface area (Å²) in [5, 5.41) is 6.68. The molecule has 2 atom stereocenters. The molecule has 0 saturated carbocycles. The zero-order chi connectivity index (χ0) is 18.9. The molecule has 6 heteroatoms. The highest BCUT2D eigenvalue weighted by molar-refractivity contribution is 14.0. The van der Waals surface area contributed by atoms with Gasteiger partial charge in [-0.1, -0.05) is 48.5 Å². The highest BCUT2D eigenvalue weighted by Gasteiger charge is 2.27. The van der Waals surface area contributed by atoms with E-state index in [1.807, 2.05) is 18.2 Å². The molecule has 0 aromatic heterocycles. The first-order chi connectivity index (χ1) is 13.3. The van der Waals surface area contributed by atoms with Gasteiger partial charge in [0.05, 0.1) is 6.10 Å². The van der Waals surface area contributed by atoms with E-state index >= 15 is 0 Å². The summed E-state index contributed by atoms with van der Waals surface area (Å²) in [5.74, 6) is 0.974. The Kier molecular flexibility index (Phi) is 9.70. The highest BCUT2D eigenvalue weighted by atomic mass is 127. The number of ether oxygens (including phenoxy) is 1. The van der Waals surface area contributed by atoms with Crippen molar-refractivity contribution in [1.82, 2.24) is 10.6 Å². The Bertz CT molecular complexity index is 742. The van der Waals surface area contributed by atoms with Crippen molar-refractivity contribution in [3.8, 4) is 0 Å². The minimum Gasteiger partial charge on any atom is -0.373 e. The summed E-state index contributed by atoms with van der Waals surface area (Å²) in [6, 6.07) is 17.3. The van der Waals surface area contributed by atoms with Gasteiger partial charge in [-0.25, -0.2) is 4.39 Å². The van der Waals surface area contributed by atoms with Crippen LogP contribution in [0.3, 0.4) is 0 Å². The summed E-state index contributed by atoms with van der Waals surface area (Å²) < 4.78 is 19.8. The Morgan fingerprint density at radius 2 is 1.86 bits per heavy atom. The predicted octanol–water partition coefficient (Wildman–Crippen LogP) is 4.32. The zero-order valence-electron chi connectivity index (χ0n) is 16.2. The van der Waals surface area contributed by atoms with E-state index in [0.29, 0.717) is 24.4 Å². The van der Waals surface area contributed by atoms with E-state index in [2.05, 4.69) is 39.9 Å². The Morgan fingerprint density at radius 1 is 1.11 bits per heavy atom. The molecule has 0 spiro atoms. The SMILES string of the molecule is CN=C(NCCc1ccccc1F)NCC1CCCOC1c1ccccc1.I. The van der Waals surface area contributed by atoms with E-state index in [9.17, 15) is 4.39 Å². The van der Waals surface area contributed by atoms with Crippen LogP contribution >= 0.6 is 24.0 Å². The number of nitrogens with zero attached hydrogens (tertiary/aromatic N) is 1. The van der Waals surface area contributed by atoms with Crippen molar-refractivity contribution in [2.45, 2.75) is 25.4 Å². The number of hydrogen-bond donors (Lipinski definition) is 2. The third kappa shape index (κ3) is 6.44. The summed E-state index contributed by atoms with van der Waals surface area (Å²) in [7, 11) is 1.75. The van der Waals surface area contributed by atoms with Crippen LogP contribution in [0.15, 0.2) is 59.6 Å². The maximum absolute atomic E-state index is 13.7. The van der Waals surface area contributed by atoms with E-state index in [0.717, 1.165) is 32.0 Å². The van der Waals surface area contributed by atoms with Crippen LogP contribution < -0.4 is 10.6 Å². The van der Waals surface area contributed by atoms with Crippen LogP contribution in [0, 0.1) is 11.7 Å². The second kappa shape index (κ2) is 12.0. The molecule has 3 rings (SSSR count). The van der Waals surface area contributed by atoms with E-state index in [4.69, 9.17) is 4.74 Å². The maximum Gasteiger partial charge on any atom is 0.190 e. The van der Waals surface area contributed by atoms with Crippen LogP contribution in [0.5, 0.6) is 0 Å². The van der Waals surface area contributed by atoms with Crippen LogP contribution in [-0.4, -0.2) is 32.7 Å². The number of halogens is 2. The molecule has 1 aliphatic heterocycles. The molecule has 4 nitrogen and oxygen atoms in total. The maximum atomic E-state index is 13.7. The first-order valence-corrected chi connectivity index (χ1v) is 9.62. The Morgan fingerprint density at radius 3 is 2.61 bits per heavy atom. The fourth-order valence-corrected chi connectivity index (χ4v) is 3.53. The lowest BCUT2D eigenvalue weighted by atomic mass is 9.89. The predicted molar refractivity (Wildman–Crippen MR) is 123 cm³/mol. The largest absolute Gasteiger partial charge is 0.373 e. The minimum atomic E-state index is -0.160. The van der Waals surface area contributed by atoms with Gasteiger partial charge >= 0.3 is 0 Å². The van der Waals surface area contributed by atoms with Gasteiger partial charge in [0, 0.05) is 32.7 Å². The van der Waals surface area contributed by atoms with Gasteiger partial charge in [0.2, 0.25) is 0 Å². The van der Waals surface area contributed by atoms with Crippen molar-refractivity contribution >= 4 is 29.9 Å². The molecule has 1 heterocycles. The van der Waals surface area contributed by atoms with Crippen molar-refractivity contribution in [2.75, 3.05) is 26.7 Å². The molecule has 28 heavy (non-hydrogen) atoms. The lowest BCUT2D eigenvalue weighted by Gasteiger charge is -2.32. The zero-order valence-corrected chi connectivity index (χ0v) is 18.6. The molecule has 152 valence electrons. The van der Waals surface area contributed by atoms with E-state index < -0.39 is 0 Å². The smallest absolute Gasteiger partial charge is 0.190 e. The first-order valence-electron chi connectivity index (χ1n) is 9.62. The lowest BCUT2D eigenvalue weighted by Crippen LogP contribution is -2.42. The average molecular weight is 497 g/mol. The molecule has 0 aliphatic carbocycles. The molecule has 0 bridgehead atoms. The van der Waals surface area contributed by atoms with Gasteiger partial charge < -0.3 is 15.4 Å². The molecule has 1 saturated heterocycles. The van der Waals surface area contributed by atoms with E-state index in [-0.39, 0.29) is 35.9 Å². The van der Waals surface area contributed by atoms with Gasteiger partial charge in [0.1, 0.15) is 5.82 Å². The summed E-state index contributed by atoms with van der Waals surface area (Å²) in [5.41, 5.74) is 1.94. The summed E-state index contributed by atoms with van der Waals surface area (Å²) in [4.78, 5) is 4.28. The molecule has 0 amide bonds. The Labute approximate surface area is 184 Å². The molecule has 2 unspecified atom stereocenters. The number of benzene rings is 2. The third-order valence-electron chi connectivity index (χ3n) is 4.97. The molecular formula is C22H29FIN3O. The topological polar surface area (TPSA) is 45.7 Å². The number of rotatable bonds is 6. The monoisotopic (exact) mass is 497 g/mol. The van der Waals surface area contributed by atoms with Crippen molar-refractivity contribution in [3.63, 3.8) is 0 Å². The van der Waals surface area contributed by atoms with E-state index in [1.54, 1.807) is 13.1 Å². The summed E-state index contributed by atoms with van der Waals surface area (Å²) in [6.45, 7) is 2.23. The molecule has 2 aromatic carbocycles.